The summed E-state index contributed by atoms with van der Waals surface area (Å²) in [7, 11) is 3.24. The van der Waals surface area contributed by atoms with Gasteiger partial charge in [0.2, 0.25) is 0 Å². The molecule has 0 amide bonds. The predicted octanol–water partition coefficient (Wildman–Crippen LogP) is 4.45. The van der Waals surface area contributed by atoms with Crippen molar-refractivity contribution in [2.45, 2.75) is 12.6 Å². The standard InChI is InChI=1S/C22H22FN3O2S/c1-27-19-9-8-15(13-20(19)28-2)21-18-7-4-10-25(18)11-12-26(21)22(29)24-17-6-3-5-16(23)14-17/h3-10,13-14,21H,11-12H2,1-2H3,(H,24,29). The van der Waals surface area contributed by atoms with Gasteiger partial charge in [0, 0.05) is 30.7 Å². The molecule has 150 valence electrons. The van der Waals surface area contributed by atoms with Gasteiger partial charge in [0.1, 0.15) is 5.82 Å². The zero-order valence-corrected chi connectivity index (χ0v) is 17.1. The summed E-state index contributed by atoms with van der Waals surface area (Å²) in [5.41, 5.74) is 2.79. The number of aromatic nitrogens is 1. The molecule has 4 rings (SSSR count). The Morgan fingerprint density at radius 2 is 1.86 bits per heavy atom. The van der Waals surface area contributed by atoms with Gasteiger partial charge in [-0.15, -0.1) is 0 Å². The second kappa shape index (κ2) is 8.13. The normalized spacial score (nSPS) is 15.6. The maximum absolute atomic E-state index is 13.6. The number of anilines is 1. The van der Waals surface area contributed by atoms with Crippen LogP contribution in [0.15, 0.2) is 60.8 Å². The first-order valence-electron chi connectivity index (χ1n) is 9.31. The number of halogens is 1. The lowest BCUT2D eigenvalue weighted by Crippen LogP contribution is -2.44. The molecule has 2 aromatic carbocycles. The minimum atomic E-state index is -0.304. The van der Waals surface area contributed by atoms with E-state index in [1.807, 2.05) is 24.3 Å². The molecule has 1 aromatic heterocycles. The third-order valence-corrected chi connectivity index (χ3v) is 5.43. The van der Waals surface area contributed by atoms with E-state index in [9.17, 15) is 4.39 Å². The van der Waals surface area contributed by atoms with Crippen LogP contribution >= 0.6 is 12.2 Å². The summed E-state index contributed by atoms with van der Waals surface area (Å²) >= 11 is 5.72. The molecule has 0 radical (unpaired) electrons. The van der Waals surface area contributed by atoms with Crippen molar-refractivity contribution in [2.24, 2.45) is 0 Å². The molecule has 1 N–H and O–H groups in total. The number of hydrogen-bond acceptors (Lipinski definition) is 3. The highest BCUT2D eigenvalue weighted by molar-refractivity contribution is 7.80. The van der Waals surface area contributed by atoms with E-state index < -0.39 is 0 Å². The van der Waals surface area contributed by atoms with E-state index in [0.29, 0.717) is 22.3 Å². The molecule has 2 heterocycles. The molecule has 1 unspecified atom stereocenters. The maximum atomic E-state index is 13.6. The van der Waals surface area contributed by atoms with Gasteiger partial charge >= 0.3 is 0 Å². The lowest BCUT2D eigenvalue weighted by Gasteiger charge is -2.39. The number of nitrogens with one attached hydrogen (secondary N) is 1. The molecule has 7 heteroatoms. The zero-order valence-electron chi connectivity index (χ0n) is 16.3. The first-order valence-corrected chi connectivity index (χ1v) is 9.71. The van der Waals surface area contributed by atoms with E-state index in [0.717, 1.165) is 24.3 Å². The third-order valence-electron chi connectivity index (χ3n) is 5.10. The number of rotatable bonds is 4. The van der Waals surface area contributed by atoms with Gasteiger partial charge < -0.3 is 24.3 Å². The molecule has 0 fully saturated rings. The van der Waals surface area contributed by atoms with Gasteiger partial charge in [0.05, 0.1) is 20.3 Å². The zero-order chi connectivity index (χ0) is 20.4. The van der Waals surface area contributed by atoms with E-state index in [1.165, 1.54) is 12.1 Å². The molecule has 0 saturated heterocycles. The summed E-state index contributed by atoms with van der Waals surface area (Å²) in [4.78, 5) is 2.12. The Kier molecular flexibility index (Phi) is 5.40. The summed E-state index contributed by atoms with van der Waals surface area (Å²) < 4.78 is 26.7. The molecule has 0 bridgehead atoms. The molecular formula is C22H22FN3O2S. The van der Waals surface area contributed by atoms with E-state index in [4.69, 9.17) is 21.7 Å². The van der Waals surface area contributed by atoms with E-state index in [1.54, 1.807) is 26.4 Å². The van der Waals surface area contributed by atoms with Crippen LogP contribution in [0.25, 0.3) is 0 Å². The fraction of sp³-hybridized carbons (Fsp3) is 0.227. The average Bonchev–Trinajstić information content (AvgIpc) is 3.21. The monoisotopic (exact) mass is 411 g/mol. The Bertz CT molecular complexity index is 1040. The van der Waals surface area contributed by atoms with Crippen molar-refractivity contribution < 1.29 is 13.9 Å². The fourth-order valence-corrected chi connectivity index (χ4v) is 4.05. The molecule has 1 aliphatic rings. The molecule has 29 heavy (non-hydrogen) atoms. The Morgan fingerprint density at radius 3 is 2.62 bits per heavy atom. The van der Waals surface area contributed by atoms with Crippen molar-refractivity contribution in [3.05, 3.63) is 77.9 Å². The lowest BCUT2D eigenvalue weighted by molar-refractivity contribution is 0.291. The number of methoxy groups -OCH3 is 2. The van der Waals surface area contributed by atoms with Crippen molar-refractivity contribution >= 4 is 23.0 Å². The average molecular weight is 412 g/mol. The smallest absolute Gasteiger partial charge is 0.174 e. The van der Waals surface area contributed by atoms with Crippen molar-refractivity contribution in [1.29, 1.82) is 0 Å². The summed E-state index contributed by atoms with van der Waals surface area (Å²) in [6, 6.07) is 16.2. The van der Waals surface area contributed by atoms with E-state index in [-0.39, 0.29) is 11.9 Å². The maximum Gasteiger partial charge on any atom is 0.174 e. The molecule has 0 saturated carbocycles. The van der Waals surface area contributed by atoms with E-state index >= 15 is 0 Å². The fourth-order valence-electron chi connectivity index (χ4n) is 3.74. The first kappa shape index (κ1) is 19.3. The van der Waals surface area contributed by atoms with Gasteiger partial charge in [-0.05, 0) is 60.2 Å². The topological polar surface area (TPSA) is 38.7 Å². The van der Waals surface area contributed by atoms with Crippen LogP contribution in [-0.2, 0) is 6.54 Å². The molecule has 5 nitrogen and oxygen atoms in total. The van der Waals surface area contributed by atoms with Crippen molar-refractivity contribution in [1.82, 2.24) is 9.47 Å². The summed E-state index contributed by atoms with van der Waals surface area (Å²) in [6.45, 7) is 1.54. The minimum absolute atomic E-state index is 0.105. The third kappa shape index (κ3) is 3.78. The Labute approximate surface area is 174 Å². The predicted molar refractivity (Wildman–Crippen MR) is 115 cm³/mol. The largest absolute Gasteiger partial charge is 0.493 e. The molecular weight excluding hydrogens is 389 g/mol. The lowest BCUT2D eigenvalue weighted by atomic mass is 9.99. The number of hydrogen-bond donors (Lipinski definition) is 1. The highest BCUT2D eigenvalue weighted by Crippen LogP contribution is 2.37. The highest BCUT2D eigenvalue weighted by Gasteiger charge is 2.31. The molecule has 1 aliphatic heterocycles. The summed E-state index contributed by atoms with van der Waals surface area (Å²) in [5, 5.41) is 3.72. The first-order chi connectivity index (χ1) is 14.1. The number of fused-ring (bicyclic) bond motifs is 1. The highest BCUT2D eigenvalue weighted by atomic mass is 32.1. The quantitative estimate of drug-likeness (QED) is 0.643. The van der Waals surface area contributed by atoms with Gasteiger partial charge in [-0.25, -0.2) is 4.39 Å². The SMILES string of the molecule is COc1ccc(C2c3cccn3CCN2C(=S)Nc2cccc(F)c2)cc1OC. The second-order valence-corrected chi connectivity index (χ2v) is 7.16. The molecule has 3 aromatic rings. The van der Waals surface area contributed by atoms with Crippen LogP contribution in [0.1, 0.15) is 17.3 Å². The van der Waals surface area contributed by atoms with Gasteiger partial charge in [-0.2, -0.15) is 0 Å². The van der Waals surface area contributed by atoms with Crippen LogP contribution in [0.3, 0.4) is 0 Å². The van der Waals surface area contributed by atoms with Gasteiger partial charge in [0.15, 0.2) is 16.6 Å². The van der Waals surface area contributed by atoms with Gasteiger partial charge in [-0.1, -0.05) is 12.1 Å². The summed E-state index contributed by atoms with van der Waals surface area (Å²) in [5.74, 6) is 1.04. The number of nitrogens with zero attached hydrogens (tertiary/aromatic N) is 2. The van der Waals surface area contributed by atoms with Gasteiger partial charge in [0.25, 0.3) is 0 Å². The Morgan fingerprint density at radius 1 is 1.03 bits per heavy atom. The van der Waals surface area contributed by atoms with E-state index in [2.05, 4.69) is 27.0 Å². The van der Waals surface area contributed by atoms with Gasteiger partial charge in [-0.3, -0.25) is 0 Å². The van der Waals surface area contributed by atoms with Crippen LogP contribution < -0.4 is 14.8 Å². The van der Waals surface area contributed by atoms with Crippen LogP contribution in [0.2, 0.25) is 0 Å². The van der Waals surface area contributed by atoms with Crippen LogP contribution in [0, 0.1) is 5.82 Å². The molecule has 1 atom stereocenters. The minimum Gasteiger partial charge on any atom is -0.493 e. The number of ether oxygens (including phenoxy) is 2. The Balaban J connectivity index is 1.70. The van der Waals surface area contributed by atoms with Crippen LogP contribution in [0.5, 0.6) is 11.5 Å². The van der Waals surface area contributed by atoms with Crippen LogP contribution in [0.4, 0.5) is 10.1 Å². The molecule has 0 aliphatic carbocycles. The van der Waals surface area contributed by atoms with Crippen molar-refractivity contribution in [3.8, 4) is 11.5 Å². The van der Waals surface area contributed by atoms with Crippen molar-refractivity contribution in [3.63, 3.8) is 0 Å². The van der Waals surface area contributed by atoms with Crippen LogP contribution in [-0.4, -0.2) is 35.3 Å². The Hall–Kier alpha value is -3.06. The molecule has 0 spiro atoms. The summed E-state index contributed by atoms with van der Waals surface area (Å²) in [6.07, 6.45) is 2.07. The second-order valence-electron chi connectivity index (χ2n) is 6.78. The number of thiocarbonyl (C=S) groups is 1. The number of benzene rings is 2. The van der Waals surface area contributed by atoms with Crippen molar-refractivity contribution in [2.75, 3.05) is 26.1 Å².